The van der Waals surface area contributed by atoms with Gasteiger partial charge in [0.1, 0.15) is 0 Å². The third-order valence-electron chi connectivity index (χ3n) is 5.72. The Bertz CT molecular complexity index is 889. The standard InChI is InChI=1S/C24H28O5S/c1-15-19(22(27)24(29-3)23(28-2)21(15)26)14-17-10-8-16(9-11-17)12-13-20(25)30-18-6-4-5-7-18/h8-11,18H,4-7,12-14H2,1-3H3. The van der Waals surface area contributed by atoms with Crippen LogP contribution in [0.5, 0.6) is 0 Å². The molecule has 1 aromatic rings. The van der Waals surface area contributed by atoms with Crippen molar-refractivity contribution < 1.29 is 23.9 Å². The molecule has 1 saturated carbocycles. The van der Waals surface area contributed by atoms with Gasteiger partial charge in [0, 0.05) is 29.2 Å². The van der Waals surface area contributed by atoms with Crippen molar-refractivity contribution >= 4 is 28.4 Å². The van der Waals surface area contributed by atoms with Crippen molar-refractivity contribution in [3.63, 3.8) is 0 Å². The van der Waals surface area contributed by atoms with Gasteiger partial charge in [0.05, 0.1) is 14.2 Å². The molecule has 1 aromatic carbocycles. The van der Waals surface area contributed by atoms with Gasteiger partial charge in [0.2, 0.25) is 23.1 Å². The normalized spacial score (nSPS) is 17.7. The molecule has 0 radical (unpaired) electrons. The van der Waals surface area contributed by atoms with Crippen LogP contribution in [0.1, 0.15) is 50.2 Å². The van der Waals surface area contributed by atoms with Crippen LogP contribution in [0.4, 0.5) is 0 Å². The fraction of sp³-hybridized carbons (Fsp3) is 0.458. The molecule has 0 heterocycles. The van der Waals surface area contributed by atoms with E-state index in [4.69, 9.17) is 9.47 Å². The molecule has 160 valence electrons. The average Bonchev–Trinajstić information content (AvgIpc) is 3.26. The predicted octanol–water partition coefficient (Wildman–Crippen LogP) is 4.34. The van der Waals surface area contributed by atoms with Crippen molar-refractivity contribution in [1.82, 2.24) is 0 Å². The Labute approximate surface area is 181 Å². The van der Waals surface area contributed by atoms with E-state index in [0.29, 0.717) is 35.7 Å². The number of rotatable bonds is 8. The maximum Gasteiger partial charge on any atom is 0.228 e. The van der Waals surface area contributed by atoms with E-state index in [0.717, 1.165) is 24.0 Å². The molecule has 3 rings (SSSR count). The van der Waals surface area contributed by atoms with Crippen LogP contribution >= 0.6 is 11.8 Å². The second-order valence-electron chi connectivity index (χ2n) is 7.72. The molecular weight excluding hydrogens is 400 g/mol. The van der Waals surface area contributed by atoms with E-state index in [1.54, 1.807) is 6.92 Å². The number of carbonyl (C=O) groups excluding carboxylic acids is 3. The van der Waals surface area contributed by atoms with Gasteiger partial charge in [-0.25, -0.2) is 0 Å². The number of methoxy groups -OCH3 is 2. The number of hydrogen-bond donors (Lipinski definition) is 0. The maximum atomic E-state index is 12.8. The Hall–Kier alpha value is -2.34. The summed E-state index contributed by atoms with van der Waals surface area (Å²) in [5.41, 5.74) is 2.83. The molecule has 0 spiro atoms. The lowest BCUT2D eigenvalue weighted by atomic mass is 9.88. The summed E-state index contributed by atoms with van der Waals surface area (Å²) in [6.45, 7) is 1.64. The van der Waals surface area contributed by atoms with E-state index in [-0.39, 0.29) is 28.2 Å². The topological polar surface area (TPSA) is 69.7 Å². The van der Waals surface area contributed by atoms with Gasteiger partial charge < -0.3 is 9.47 Å². The molecule has 30 heavy (non-hydrogen) atoms. The first-order valence-corrected chi connectivity index (χ1v) is 11.2. The van der Waals surface area contributed by atoms with Crippen LogP contribution < -0.4 is 0 Å². The number of Topliss-reactive ketones (excluding diaryl/α,β-unsaturated/α-hetero) is 2. The second-order valence-corrected chi connectivity index (χ2v) is 9.08. The highest BCUT2D eigenvalue weighted by Gasteiger charge is 2.34. The molecule has 1 fully saturated rings. The van der Waals surface area contributed by atoms with Crippen molar-refractivity contribution in [1.29, 1.82) is 0 Å². The number of thioether (sulfide) groups is 1. The monoisotopic (exact) mass is 428 g/mol. The molecule has 0 bridgehead atoms. The zero-order valence-corrected chi connectivity index (χ0v) is 18.6. The van der Waals surface area contributed by atoms with Crippen LogP contribution in [-0.4, -0.2) is 36.2 Å². The van der Waals surface area contributed by atoms with Crippen LogP contribution in [0.3, 0.4) is 0 Å². The molecule has 0 saturated heterocycles. The van der Waals surface area contributed by atoms with Crippen LogP contribution in [0.2, 0.25) is 0 Å². The van der Waals surface area contributed by atoms with Crippen LogP contribution in [0.25, 0.3) is 0 Å². The Morgan fingerprint density at radius 2 is 1.53 bits per heavy atom. The summed E-state index contributed by atoms with van der Waals surface area (Å²) >= 11 is 1.52. The second kappa shape index (κ2) is 10.1. The minimum Gasteiger partial charge on any atom is -0.489 e. The van der Waals surface area contributed by atoms with E-state index in [1.807, 2.05) is 24.3 Å². The molecule has 0 aromatic heterocycles. The van der Waals surface area contributed by atoms with Gasteiger partial charge in [-0.3, -0.25) is 14.4 Å². The van der Waals surface area contributed by atoms with Gasteiger partial charge in [-0.1, -0.05) is 48.9 Å². The molecule has 0 N–H and O–H groups in total. The molecule has 2 aliphatic rings. The quantitative estimate of drug-likeness (QED) is 0.574. The lowest BCUT2D eigenvalue weighted by Crippen LogP contribution is -2.26. The molecule has 0 amide bonds. The summed E-state index contributed by atoms with van der Waals surface area (Å²) in [7, 11) is 2.71. The summed E-state index contributed by atoms with van der Waals surface area (Å²) in [5, 5.41) is 0.780. The van der Waals surface area contributed by atoms with Crippen molar-refractivity contribution in [3.05, 3.63) is 58.1 Å². The molecular formula is C24H28O5S. The summed E-state index contributed by atoms with van der Waals surface area (Å²) in [5.74, 6) is -0.721. The van der Waals surface area contributed by atoms with Crippen molar-refractivity contribution in [3.8, 4) is 0 Å². The van der Waals surface area contributed by atoms with E-state index >= 15 is 0 Å². The van der Waals surface area contributed by atoms with Gasteiger partial charge >= 0.3 is 0 Å². The van der Waals surface area contributed by atoms with E-state index in [2.05, 4.69) is 0 Å². The van der Waals surface area contributed by atoms with Crippen LogP contribution in [0, 0.1) is 0 Å². The Morgan fingerprint density at radius 3 is 2.13 bits per heavy atom. The number of ether oxygens (including phenoxy) is 2. The Morgan fingerprint density at radius 1 is 0.967 bits per heavy atom. The number of carbonyl (C=O) groups is 3. The fourth-order valence-corrected chi connectivity index (χ4v) is 5.09. The number of benzene rings is 1. The van der Waals surface area contributed by atoms with Crippen molar-refractivity contribution in [2.75, 3.05) is 14.2 Å². The molecule has 6 heteroatoms. The molecule has 0 unspecified atom stereocenters. The Kier molecular flexibility index (Phi) is 7.53. The van der Waals surface area contributed by atoms with Crippen LogP contribution in [0.15, 0.2) is 46.9 Å². The minimum absolute atomic E-state index is 0.0424. The minimum atomic E-state index is -0.321. The first kappa shape index (κ1) is 22.3. The molecule has 2 aliphatic carbocycles. The fourth-order valence-electron chi connectivity index (χ4n) is 3.93. The highest BCUT2D eigenvalue weighted by Crippen LogP contribution is 2.31. The van der Waals surface area contributed by atoms with Gasteiger partial charge in [-0.2, -0.15) is 0 Å². The Balaban J connectivity index is 1.61. The van der Waals surface area contributed by atoms with E-state index in [9.17, 15) is 14.4 Å². The average molecular weight is 429 g/mol. The largest absolute Gasteiger partial charge is 0.489 e. The van der Waals surface area contributed by atoms with Gasteiger partial charge in [0.15, 0.2) is 5.12 Å². The maximum absolute atomic E-state index is 12.8. The highest BCUT2D eigenvalue weighted by molar-refractivity contribution is 8.14. The summed E-state index contributed by atoms with van der Waals surface area (Å²) in [6, 6.07) is 7.87. The third-order valence-corrected chi connectivity index (χ3v) is 6.99. The molecule has 0 atom stereocenters. The summed E-state index contributed by atoms with van der Waals surface area (Å²) in [6.07, 6.45) is 6.40. The van der Waals surface area contributed by atoms with Gasteiger partial charge in [-0.05, 0) is 37.3 Å². The molecule has 0 aliphatic heterocycles. The third kappa shape index (κ3) is 5.04. The molecule has 5 nitrogen and oxygen atoms in total. The first-order valence-electron chi connectivity index (χ1n) is 10.3. The highest BCUT2D eigenvalue weighted by atomic mass is 32.2. The number of hydrogen-bond acceptors (Lipinski definition) is 6. The first-order chi connectivity index (χ1) is 14.4. The zero-order valence-electron chi connectivity index (χ0n) is 17.8. The lowest BCUT2D eigenvalue weighted by Gasteiger charge is -2.20. The predicted molar refractivity (Wildman–Crippen MR) is 117 cm³/mol. The van der Waals surface area contributed by atoms with Crippen molar-refractivity contribution in [2.45, 2.75) is 57.1 Å². The summed E-state index contributed by atoms with van der Waals surface area (Å²) in [4.78, 5) is 37.4. The lowest BCUT2D eigenvalue weighted by molar-refractivity contribution is -0.121. The SMILES string of the molecule is COC1=C(OC)C(=O)C(Cc2ccc(CCC(=O)SC3CCCC3)cc2)=C(C)C1=O. The smallest absolute Gasteiger partial charge is 0.228 e. The number of aryl methyl sites for hydroxylation is 1. The number of allylic oxidation sites excluding steroid dienone is 2. The van der Waals surface area contributed by atoms with Gasteiger partial charge in [0.25, 0.3) is 0 Å². The zero-order chi connectivity index (χ0) is 21.7. The van der Waals surface area contributed by atoms with Crippen molar-refractivity contribution in [2.24, 2.45) is 0 Å². The van der Waals surface area contributed by atoms with Gasteiger partial charge in [-0.15, -0.1) is 0 Å². The van der Waals surface area contributed by atoms with Crippen LogP contribution in [-0.2, 0) is 36.7 Å². The number of ketones is 2. The summed E-state index contributed by atoms with van der Waals surface area (Å²) < 4.78 is 10.2. The van der Waals surface area contributed by atoms with E-state index in [1.165, 1.54) is 38.8 Å². The van der Waals surface area contributed by atoms with E-state index < -0.39 is 0 Å².